The Labute approximate surface area is 133 Å². The number of aromatic nitrogens is 2. The molecule has 0 saturated carbocycles. The zero-order valence-electron chi connectivity index (χ0n) is 11.9. The van der Waals surface area contributed by atoms with E-state index < -0.39 is 0 Å². The highest BCUT2D eigenvalue weighted by Gasteiger charge is 2.14. The van der Waals surface area contributed by atoms with Gasteiger partial charge in [0.05, 0.1) is 11.2 Å². The number of rotatable bonds is 5. The lowest BCUT2D eigenvalue weighted by Gasteiger charge is -2.07. The molecule has 6 heteroatoms. The lowest BCUT2D eigenvalue weighted by atomic mass is 10.1. The van der Waals surface area contributed by atoms with E-state index in [0.29, 0.717) is 5.16 Å². The summed E-state index contributed by atoms with van der Waals surface area (Å²) in [5.41, 5.74) is 2.13. The van der Waals surface area contributed by atoms with Gasteiger partial charge in [-0.2, -0.15) is 0 Å². The number of nitrogens with one attached hydrogen (secondary N) is 1. The molecule has 1 heterocycles. The molecular weight excluding hydrogens is 306 g/mol. The van der Waals surface area contributed by atoms with Crippen LogP contribution in [0.3, 0.4) is 0 Å². The Morgan fingerprint density at radius 2 is 2.00 bits per heavy atom. The van der Waals surface area contributed by atoms with Crippen molar-refractivity contribution in [2.24, 2.45) is 0 Å². The lowest BCUT2D eigenvalue weighted by molar-refractivity contribution is 0.102. The Balaban J connectivity index is 2.17. The van der Waals surface area contributed by atoms with Crippen molar-refractivity contribution in [3.63, 3.8) is 0 Å². The fourth-order valence-corrected chi connectivity index (χ4v) is 2.44. The van der Waals surface area contributed by atoms with Gasteiger partial charge in [0.25, 0.3) is 5.91 Å². The fourth-order valence-electron chi connectivity index (χ4n) is 1.72. The molecule has 0 aliphatic rings. The van der Waals surface area contributed by atoms with Crippen LogP contribution in [0.5, 0.6) is 0 Å². The molecule has 0 atom stereocenters. The third-order valence-electron chi connectivity index (χ3n) is 2.83. The second-order valence-corrected chi connectivity index (χ2v) is 5.93. The van der Waals surface area contributed by atoms with Gasteiger partial charge in [0.2, 0.25) is 0 Å². The second-order valence-electron chi connectivity index (χ2n) is 4.29. The largest absolute Gasteiger partial charge is 0.321 e. The molecule has 1 amide bonds. The highest BCUT2D eigenvalue weighted by atomic mass is 35.5. The molecule has 0 spiro atoms. The smallest absolute Gasteiger partial charge is 0.275 e. The van der Waals surface area contributed by atoms with Crippen molar-refractivity contribution >= 4 is 35.0 Å². The molecule has 0 aliphatic heterocycles. The van der Waals surface area contributed by atoms with E-state index in [0.717, 1.165) is 17.9 Å². The Bertz CT molecular complexity index is 631. The van der Waals surface area contributed by atoms with Crippen LogP contribution in [0.2, 0.25) is 5.02 Å². The van der Waals surface area contributed by atoms with Gasteiger partial charge in [0.15, 0.2) is 10.9 Å². The van der Waals surface area contributed by atoms with Gasteiger partial charge in [0.1, 0.15) is 0 Å². The number of halogens is 1. The molecule has 2 aromatic rings. The van der Waals surface area contributed by atoms with Crippen molar-refractivity contribution < 1.29 is 4.79 Å². The zero-order chi connectivity index (χ0) is 15.2. The van der Waals surface area contributed by atoms with Crippen LogP contribution in [0.25, 0.3) is 0 Å². The molecule has 2 rings (SSSR count). The van der Waals surface area contributed by atoms with Gasteiger partial charge in [0, 0.05) is 5.69 Å². The SMILES string of the molecule is CCSc1ncc(Cl)c(C(=O)Nc2ccc(CC)cc2)n1. The predicted molar refractivity (Wildman–Crippen MR) is 87.2 cm³/mol. The minimum Gasteiger partial charge on any atom is -0.321 e. The van der Waals surface area contributed by atoms with E-state index in [9.17, 15) is 4.79 Å². The first-order valence-corrected chi connectivity index (χ1v) is 8.06. The highest BCUT2D eigenvalue weighted by Crippen LogP contribution is 2.19. The number of hydrogen-bond acceptors (Lipinski definition) is 4. The molecule has 1 N–H and O–H groups in total. The highest BCUT2D eigenvalue weighted by molar-refractivity contribution is 7.99. The van der Waals surface area contributed by atoms with E-state index >= 15 is 0 Å². The molecule has 21 heavy (non-hydrogen) atoms. The van der Waals surface area contributed by atoms with Crippen molar-refractivity contribution in [1.82, 2.24) is 9.97 Å². The number of aryl methyl sites for hydroxylation is 1. The number of nitrogens with zero attached hydrogens (tertiary/aromatic N) is 2. The first-order valence-electron chi connectivity index (χ1n) is 6.69. The summed E-state index contributed by atoms with van der Waals surface area (Å²) in [5.74, 6) is 0.505. The first kappa shape index (κ1) is 15.8. The second kappa shape index (κ2) is 7.43. The van der Waals surface area contributed by atoms with Crippen LogP contribution in [-0.2, 0) is 6.42 Å². The Hall–Kier alpha value is -1.59. The number of amides is 1. The predicted octanol–water partition coefficient (Wildman–Crippen LogP) is 4.06. The van der Waals surface area contributed by atoms with Gasteiger partial charge < -0.3 is 5.32 Å². The normalized spacial score (nSPS) is 10.4. The summed E-state index contributed by atoms with van der Waals surface area (Å²) in [6.07, 6.45) is 2.42. The molecule has 1 aromatic heterocycles. The topological polar surface area (TPSA) is 54.9 Å². The number of thioether (sulfide) groups is 1. The van der Waals surface area contributed by atoms with Crippen molar-refractivity contribution in [2.75, 3.05) is 11.1 Å². The fraction of sp³-hybridized carbons (Fsp3) is 0.267. The van der Waals surface area contributed by atoms with Gasteiger partial charge in [-0.15, -0.1) is 0 Å². The maximum Gasteiger partial charge on any atom is 0.275 e. The van der Waals surface area contributed by atoms with E-state index in [2.05, 4.69) is 22.2 Å². The van der Waals surface area contributed by atoms with Crippen molar-refractivity contribution in [3.8, 4) is 0 Å². The van der Waals surface area contributed by atoms with Crippen molar-refractivity contribution in [3.05, 3.63) is 46.7 Å². The quantitative estimate of drug-likeness (QED) is 0.666. The van der Waals surface area contributed by atoms with Crippen LogP contribution >= 0.6 is 23.4 Å². The van der Waals surface area contributed by atoms with Crippen LogP contribution in [-0.4, -0.2) is 21.6 Å². The summed E-state index contributed by atoms with van der Waals surface area (Å²) in [4.78, 5) is 20.5. The molecule has 0 unspecified atom stereocenters. The third kappa shape index (κ3) is 4.19. The number of carbonyl (C=O) groups excluding carboxylic acids is 1. The minimum absolute atomic E-state index is 0.196. The third-order valence-corrected chi connectivity index (χ3v) is 3.85. The van der Waals surface area contributed by atoms with E-state index in [1.165, 1.54) is 23.5 Å². The molecule has 0 radical (unpaired) electrons. The molecule has 0 bridgehead atoms. The van der Waals surface area contributed by atoms with E-state index in [1.807, 2.05) is 31.2 Å². The maximum absolute atomic E-state index is 12.3. The number of benzene rings is 1. The van der Waals surface area contributed by atoms with Crippen LogP contribution in [0.1, 0.15) is 29.9 Å². The summed E-state index contributed by atoms with van der Waals surface area (Å²) in [6, 6.07) is 7.70. The number of carbonyl (C=O) groups is 1. The summed E-state index contributed by atoms with van der Waals surface area (Å²) in [6.45, 7) is 4.08. The number of anilines is 1. The monoisotopic (exact) mass is 321 g/mol. The van der Waals surface area contributed by atoms with Gasteiger partial charge in [-0.05, 0) is 29.9 Å². The zero-order valence-corrected chi connectivity index (χ0v) is 13.5. The lowest BCUT2D eigenvalue weighted by Crippen LogP contribution is -2.15. The van der Waals surface area contributed by atoms with Crippen LogP contribution in [0, 0.1) is 0 Å². The van der Waals surface area contributed by atoms with Gasteiger partial charge in [-0.1, -0.05) is 49.3 Å². The summed E-state index contributed by atoms with van der Waals surface area (Å²) >= 11 is 7.48. The molecule has 4 nitrogen and oxygen atoms in total. The molecular formula is C15H16ClN3OS. The van der Waals surface area contributed by atoms with Gasteiger partial charge >= 0.3 is 0 Å². The summed E-state index contributed by atoms with van der Waals surface area (Å²) < 4.78 is 0. The van der Waals surface area contributed by atoms with Gasteiger partial charge in [-0.3, -0.25) is 4.79 Å². The number of hydrogen-bond donors (Lipinski definition) is 1. The average Bonchev–Trinajstić information content (AvgIpc) is 2.50. The Morgan fingerprint density at radius 3 is 2.62 bits per heavy atom. The molecule has 110 valence electrons. The first-order chi connectivity index (χ1) is 10.1. The Kier molecular flexibility index (Phi) is 5.59. The van der Waals surface area contributed by atoms with E-state index in [1.54, 1.807) is 0 Å². The molecule has 1 aromatic carbocycles. The van der Waals surface area contributed by atoms with Crippen LogP contribution in [0.4, 0.5) is 5.69 Å². The molecule has 0 aliphatic carbocycles. The minimum atomic E-state index is -0.329. The molecule has 0 fully saturated rings. The van der Waals surface area contributed by atoms with Crippen LogP contribution in [0.15, 0.2) is 35.6 Å². The van der Waals surface area contributed by atoms with Gasteiger partial charge in [-0.25, -0.2) is 9.97 Å². The maximum atomic E-state index is 12.3. The summed E-state index contributed by atoms with van der Waals surface area (Å²) in [5, 5.41) is 3.59. The molecule has 0 saturated heterocycles. The van der Waals surface area contributed by atoms with Crippen molar-refractivity contribution in [1.29, 1.82) is 0 Å². The van der Waals surface area contributed by atoms with Crippen molar-refractivity contribution in [2.45, 2.75) is 25.4 Å². The van der Waals surface area contributed by atoms with E-state index in [-0.39, 0.29) is 16.6 Å². The summed E-state index contributed by atoms with van der Waals surface area (Å²) in [7, 11) is 0. The standard InChI is InChI=1S/C15H16ClN3OS/c1-3-10-5-7-11(8-6-10)18-14(20)13-12(16)9-17-15(19-13)21-4-2/h5-9H,3-4H2,1-2H3,(H,18,20). The van der Waals surface area contributed by atoms with Crippen LogP contribution < -0.4 is 5.32 Å². The van der Waals surface area contributed by atoms with E-state index in [4.69, 9.17) is 11.6 Å². The average molecular weight is 322 g/mol. The Morgan fingerprint density at radius 1 is 1.29 bits per heavy atom.